The molecule has 17 heavy (non-hydrogen) atoms. The van der Waals surface area contributed by atoms with E-state index < -0.39 is 9.84 Å². The zero-order chi connectivity index (χ0) is 11.9. The summed E-state index contributed by atoms with van der Waals surface area (Å²) in [6.45, 7) is 2.15. The average Bonchev–Trinajstić information content (AvgIpc) is 2.67. The number of morpholine rings is 1. The van der Waals surface area contributed by atoms with Crippen LogP contribution in [0.25, 0.3) is 0 Å². The molecule has 1 fully saturated rings. The van der Waals surface area contributed by atoms with Crippen LogP contribution in [0.3, 0.4) is 0 Å². The van der Waals surface area contributed by atoms with Crippen LogP contribution in [0.2, 0.25) is 0 Å². The van der Waals surface area contributed by atoms with Gasteiger partial charge in [0.05, 0.1) is 23.4 Å². The van der Waals surface area contributed by atoms with Crippen LogP contribution in [0.1, 0.15) is 17.2 Å². The summed E-state index contributed by atoms with van der Waals surface area (Å²) in [6.07, 6.45) is 0.498. The molecule has 2 aliphatic heterocycles. The van der Waals surface area contributed by atoms with Crippen molar-refractivity contribution in [1.29, 1.82) is 0 Å². The lowest BCUT2D eigenvalue weighted by molar-refractivity contribution is 0.0259. The minimum absolute atomic E-state index is 0.133. The standard InChI is InChI=1S/C12H15NO3S/c14-17(15)7-4-9-2-1-3-10(12(9)17)11-8-13-5-6-16-11/h1-3,11,13H,4-8H2. The van der Waals surface area contributed by atoms with Gasteiger partial charge in [0.25, 0.3) is 0 Å². The number of hydrogen-bond donors (Lipinski definition) is 1. The van der Waals surface area contributed by atoms with Crippen LogP contribution in [0.4, 0.5) is 0 Å². The Balaban J connectivity index is 2.09. The molecule has 0 amide bonds. The minimum atomic E-state index is -3.09. The number of nitrogens with one attached hydrogen (secondary N) is 1. The zero-order valence-electron chi connectivity index (χ0n) is 9.48. The van der Waals surface area contributed by atoms with Crippen molar-refractivity contribution in [2.45, 2.75) is 17.4 Å². The number of aryl methyl sites for hydroxylation is 1. The molecule has 0 aliphatic carbocycles. The summed E-state index contributed by atoms with van der Waals surface area (Å²) in [7, 11) is -3.09. The molecule has 0 spiro atoms. The molecule has 2 heterocycles. The second kappa shape index (κ2) is 4.08. The van der Waals surface area contributed by atoms with E-state index in [4.69, 9.17) is 4.74 Å². The lowest BCUT2D eigenvalue weighted by Crippen LogP contribution is -2.34. The average molecular weight is 253 g/mol. The van der Waals surface area contributed by atoms with Gasteiger partial charge in [0, 0.05) is 18.7 Å². The SMILES string of the molecule is O=S1(=O)CCc2cccc(C3CNCCO3)c21. The van der Waals surface area contributed by atoms with Gasteiger partial charge in [0.1, 0.15) is 0 Å². The van der Waals surface area contributed by atoms with Gasteiger partial charge in [-0.1, -0.05) is 18.2 Å². The topological polar surface area (TPSA) is 55.4 Å². The monoisotopic (exact) mass is 253 g/mol. The van der Waals surface area contributed by atoms with E-state index in [0.717, 1.165) is 17.7 Å². The zero-order valence-corrected chi connectivity index (χ0v) is 10.3. The van der Waals surface area contributed by atoms with Gasteiger partial charge in [-0.25, -0.2) is 8.42 Å². The number of benzene rings is 1. The van der Waals surface area contributed by atoms with Crippen molar-refractivity contribution in [3.8, 4) is 0 Å². The van der Waals surface area contributed by atoms with Gasteiger partial charge < -0.3 is 10.1 Å². The summed E-state index contributed by atoms with van der Waals surface area (Å²) in [4.78, 5) is 0.522. The van der Waals surface area contributed by atoms with Gasteiger partial charge >= 0.3 is 0 Å². The molecule has 92 valence electrons. The van der Waals surface area contributed by atoms with Gasteiger partial charge in [-0.15, -0.1) is 0 Å². The number of fused-ring (bicyclic) bond motifs is 1. The lowest BCUT2D eigenvalue weighted by Gasteiger charge is -2.25. The van der Waals surface area contributed by atoms with E-state index >= 15 is 0 Å². The van der Waals surface area contributed by atoms with E-state index in [-0.39, 0.29) is 11.9 Å². The Kier molecular flexibility index (Phi) is 2.69. The van der Waals surface area contributed by atoms with Gasteiger partial charge in [0.2, 0.25) is 0 Å². The fraction of sp³-hybridized carbons (Fsp3) is 0.500. The first-order chi connectivity index (χ1) is 8.18. The first-order valence-electron chi connectivity index (χ1n) is 5.85. The third kappa shape index (κ3) is 1.88. The highest BCUT2D eigenvalue weighted by Crippen LogP contribution is 2.34. The van der Waals surface area contributed by atoms with Crippen LogP contribution < -0.4 is 5.32 Å². The highest BCUT2D eigenvalue weighted by Gasteiger charge is 2.32. The van der Waals surface area contributed by atoms with Crippen LogP contribution in [-0.4, -0.2) is 33.9 Å². The van der Waals surface area contributed by atoms with Gasteiger partial charge in [-0.05, 0) is 12.0 Å². The molecule has 1 saturated heterocycles. The molecule has 0 aromatic heterocycles. The van der Waals surface area contributed by atoms with E-state index in [0.29, 0.717) is 24.5 Å². The third-order valence-corrected chi connectivity index (χ3v) is 5.21. The summed E-state index contributed by atoms with van der Waals surface area (Å²) in [6, 6.07) is 5.70. The largest absolute Gasteiger partial charge is 0.371 e. The Labute approximate surface area is 101 Å². The van der Waals surface area contributed by atoms with E-state index in [2.05, 4.69) is 5.32 Å². The maximum absolute atomic E-state index is 12.0. The molecule has 5 heteroatoms. The Morgan fingerprint density at radius 1 is 1.35 bits per heavy atom. The molecule has 1 atom stereocenters. The van der Waals surface area contributed by atoms with Crippen molar-refractivity contribution in [2.75, 3.05) is 25.4 Å². The molecule has 0 radical (unpaired) electrons. The van der Waals surface area contributed by atoms with Crippen molar-refractivity contribution < 1.29 is 13.2 Å². The van der Waals surface area contributed by atoms with Crippen LogP contribution >= 0.6 is 0 Å². The normalized spacial score (nSPS) is 26.7. The molecule has 2 aliphatic rings. The molecular weight excluding hydrogens is 238 g/mol. The fourth-order valence-electron chi connectivity index (χ4n) is 2.55. The van der Waals surface area contributed by atoms with Crippen molar-refractivity contribution >= 4 is 9.84 Å². The number of hydrogen-bond acceptors (Lipinski definition) is 4. The van der Waals surface area contributed by atoms with Crippen LogP contribution in [0.15, 0.2) is 23.1 Å². The predicted octanol–water partition coefficient (Wildman–Crippen LogP) is 0.677. The Morgan fingerprint density at radius 3 is 3.00 bits per heavy atom. The second-order valence-corrected chi connectivity index (χ2v) is 6.51. The molecule has 4 nitrogen and oxygen atoms in total. The number of sulfone groups is 1. The molecule has 1 aromatic rings. The molecule has 0 saturated carbocycles. The smallest absolute Gasteiger partial charge is 0.179 e. The minimum Gasteiger partial charge on any atom is -0.371 e. The molecule has 1 N–H and O–H groups in total. The summed E-state index contributed by atoms with van der Waals surface area (Å²) in [5.74, 6) is 0.236. The van der Waals surface area contributed by atoms with Crippen molar-refractivity contribution in [3.05, 3.63) is 29.3 Å². The van der Waals surface area contributed by atoms with Crippen LogP contribution in [0.5, 0.6) is 0 Å². The molecule has 0 bridgehead atoms. The quantitative estimate of drug-likeness (QED) is 0.799. The van der Waals surface area contributed by atoms with Crippen molar-refractivity contribution in [2.24, 2.45) is 0 Å². The Morgan fingerprint density at radius 2 is 2.24 bits per heavy atom. The first-order valence-corrected chi connectivity index (χ1v) is 7.50. The van der Waals surface area contributed by atoms with Crippen LogP contribution in [0, 0.1) is 0 Å². The van der Waals surface area contributed by atoms with E-state index in [1.54, 1.807) is 0 Å². The number of rotatable bonds is 1. The highest BCUT2D eigenvalue weighted by molar-refractivity contribution is 7.91. The molecular formula is C12H15NO3S. The Bertz CT molecular complexity index is 533. The summed E-state index contributed by atoms with van der Waals surface area (Å²) >= 11 is 0. The number of ether oxygens (including phenoxy) is 1. The summed E-state index contributed by atoms with van der Waals surface area (Å²) in [5.41, 5.74) is 1.77. The van der Waals surface area contributed by atoms with E-state index in [9.17, 15) is 8.42 Å². The summed E-state index contributed by atoms with van der Waals surface area (Å²) in [5, 5.41) is 3.23. The summed E-state index contributed by atoms with van der Waals surface area (Å²) < 4.78 is 29.7. The van der Waals surface area contributed by atoms with Crippen molar-refractivity contribution in [3.63, 3.8) is 0 Å². The van der Waals surface area contributed by atoms with Crippen LogP contribution in [-0.2, 0) is 21.0 Å². The molecule has 3 rings (SSSR count). The maximum Gasteiger partial charge on any atom is 0.179 e. The first kappa shape index (κ1) is 11.2. The van der Waals surface area contributed by atoms with Gasteiger partial charge in [-0.2, -0.15) is 0 Å². The van der Waals surface area contributed by atoms with E-state index in [1.165, 1.54) is 0 Å². The fourth-order valence-corrected chi connectivity index (χ4v) is 4.37. The Hall–Kier alpha value is -0.910. The third-order valence-electron chi connectivity index (χ3n) is 3.35. The lowest BCUT2D eigenvalue weighted by atomic mass is 10.0. The van der Waals surface area contributed by atoms with Gasteiger partial charge in [-0.3, -0.25) is 0 Å². The molecule has 1 aromatic carbocycles. The van der Waals surface area contributed by atoms with Crippen molar-refractivity contribution in [1.82, 2.24) is 5.32 Å². The highest BCUT2D eigenvalue weighted by atomic mass is 32.2. The molecule has 1 unspecified atom stereocenters. The van der Waals surface area contributed by atoms with E-state index in [1.807, 2.05) is 18.2 Å². The maximum atomic E-state index is 12.0. The second-order valence-electron chi connectivity index (χ2n) is 4.47. The van der Waals surface area contributed by atoms with Gasteiger partial charge in [0.15, 0.2) is 9.84 Å². The predicted molar refractivity (Wildman–Crippen MR) is 63.8 cm³/mol.